The fraction of sp³-hybridized carbons (Fsp3) is 0.263. The van der Waals surface area contributed by atoms with Crippen molar-refractivity contribution in [3.8, 4) is 11.4 Å². The van der Waals surface area contributed by atoms with E-state index >= 15 is 0 Å². The smallest absolute Gasteiger partial charge is 0.251 e. The molecule has 0 radical (unpaired) electrons. The van der Waals surface area contributed by atoms with E-state index in [2.05, 4.69) is 20.4 Å². The minimum atomic E-state index is -0.307. The average molecular weight is 365 g/mol. The van der Waals surface area contributed by atoms with E-state index in [1.807, 2.05) is 23.1 Å². The lowest BCUT2D eigenvalue weighted by Gasteiger charge is -2.16. The minimum absolute atomic E-state index is 0.190. The van der Waals surface area contributed by atoms with Gasteiger partial charge in [0.1, 0.15) is 17.8 Å². The zero-order valence-electron chi connectivity index (χ0n) is 14.6. The van der Waals surface area contributed by atoms with Gasteiger partial charge in [0.15, 0.2) is 5.82 Å². The molecule has 8 heteroatoms. The molecule has 1 aliphatic heterocycles. The number of rotatable bonds is 5. The van der Waals surface area contributed by atoms with Crippen molar-refractivity contribution in [1.82, 2.24) is 20.4 Å². The fourth-order valence-electron chi connectivity index (χ4n) is 2.99. The Morgan fingerprint density at radius 2 is 2.11 bits per heavy atom. The molecule has 1 atom stereocenters. The number of hydrogen-bond donors (Lipinski definition) is 2. The first-order chi connectivity index (χ1) is 13.2. The highest BCUT2D eigenvalue weighted by molar-refractivity contribution is 5.94. The monoisotopic (exact) mass is 365 g/mol. The van der Waals surface area contributed by atoms with Crippen LogP contribution in [0.25, 0.3) is 11.4 Å². The first-order valence-corrected chi connectivity index (χ1v) is 8.73. The third-order valence-electron chi connectivity index (χ3n) is 4.45. The molecule has 0 aliphatic carbocycles. The Morgan fingerprint density at radius 3 is 2.81 bits per heavy atom. The molecule has 1 fully saturated rings. The first kappa shape index (κ1) is 17.2. The van der Waals surface area contributed by atoms with E-state index in [9.17, 15) is 9.90 Å². The number of benzene rings is 1. The van der Waals surface area contributed by atoms with Crippen LogP contribution in [0.1, 0.15) is 22.5 Å². The Kier molecular flexibility index (Phi) is 4.80. The van der Waals surface area contributed by atoms with E-state index in [0.29, 0.717) is 30.2 Å². The van der Waals surface area contributed by atoms with E-state index in [-0.39, 0.29) is 12.0 Å². The van der Waals surface area contributed by atoms with Crippen molar-refractivity contribution >= 4 is 11.7 Å². The number of carbonyl (C=O) groups is 1. The molecule has 3 aromatic rings. The number of aliphatic hydroxyl groups excluding tert-OH is 1. The SMILES string of the molecule is O=C(NCc1ccon1)c1ccc(-c2nccc(N3CCC(O)C3)n2)cc1. The van der Waals surface area contributed by atoms with Gasteiger partial charge >= 0.3 is 0 Å². The van der Waals surface area contributed by atoms with E-state index in [1.165, 1.54) is 6.26 Å². The van der Waals surface area contributed by atoms with Gasteiger partial charge in [-0.25, -0.2) is 9.97 Å². The summed E-state index contributed by atoms with van der Waals surface area (Å²) in [6.07, 6.45) is 3.62. The van der Waals surface area contributed by atoms with Gasteiger partial charge in [-0.3, -0.25) is 4.79 Å². The summed E-state index contributed by atoms with van der Waals surface area (Å²) in [4.78, 5) is 23.2. The predicted molar refractivity (Wildman–Crippen MR) is 98.0 cm³/mol. The molecule has 1 amide bonds. The predicted octanol–water partition coefficient (Wildman–Crippen LogP) is 1.63. The minimum Gasteiger partial charge on any atom is -0.391 e. The molecule has 8 nitrogen and oxygen atoms in total. The topological polar surface area (TPSA) is 104 Å². The Morgan fingerprint density at radius 1 is 1.26 bits per heavy atom. The maximum atomic E-state index is 12.2. The largest absolute Gasteiger partial charge is 0.391 e. The second kappa shape index (κ2) is 7.55. The molecule has 0 spiro atoms. The third-order valence-corrected chi connectivity index (χ3v) is 4.45. The Labute approximate surface area is 155 Å². The fourth-order valence-corrected chi connectivity index (χ4v) is 2.99. The van der Waals surface area contributed by atoms with Crippen LogP contribution < -0.4 is 10.2 Å². The molecule has 1 unspecified atom stereocenters. The van der Waals surface area contributed by atoms with Crippen molar-refractivity contribution in [1.29, 1.82) is 0 Å². The highest BCUT2D eigenvalue weighted by Crippen LogP contribution is 2.22. The summed E-state index contributed by atoms with van der Waals surface area (Å²) in [6.45, 7) is 1.67. The lowest BCUT2D eigenvalue weighted by atomic mass is 10.1. The van der Waals surface area contributed by atoms with Gasteiger partial charge < -0.3 is 19.8 Å². The molecule has 3 heterocycles. The van der Waals surface area contributed by atoms with Crippen molar-refractivity contribution in [2.45, 2.75) is 19.1 Å². The highest BCUT2D eigenvalue weighted by Gasteiger charge is 2.21. The third kappa shape index (κ3) is 3.95. The maximum Gasteiger partial charge on any atom is 0.251 e. The molecular weight excluding hydrogens is 346 g/mol. The average Bonchev–Trinajstić information content (AvgIpc) is 3.38. The molecule has 0 saturated carbocycles. The number of aliphatic hydroxyl groups is 1. The molecule has 1 aliphatic rings. The number of carbonyl (C=O) groups excluding carboxylic acids is 1. The number of nitrogens with one attached hydrogen (secondary N) is 1. The molecule has 138 valence electrons. The lowest BCUT2D eigenvalue weighted by molar-refractivity contribution is 0.0950. The van der Waals surface area contributed by atoms with Crippen molar-refractivity contribution in [3.63, 3.8) is 0 Å². The summed E-state index contributed by atoms with van der Waals surface area (Å²) in [5.41, 5.74) is 2.03. The molecule has 27 heavy (non-hydrogen) atoms. The summed E-state index contributed by atoms with van der Waals surface area (Å²) in [5.74, 6) is 1.19. The second-order valence-electron chi connectivity index (χ2n) is 6.38. The van der Waals surface area contributed by atoms with Crippen LogP contribution in [0.4, 0.5) is 5.82 Å². The zero-order valence-corrected chi connectivity index (χ0v) is 14.6. The van der Waals surface area contributed by atoms with Crippen molar-refractivity contribution < 1.29 is 14.4 Å². The highest BCUT2D eigenvalue weighted by atomic mass is 16.5. The van der Waals surface area contributed by atoms with E-state index in [0.717, 1.165) is 24.3 Å². The summed E-state index contributed by atoms with van der Waals surface area (Å²) in [5, 5.41) is 16.2. The Bertz CT molecular complexity index is 911. The van der Waals surface area contributed by atoms with Crippen LogP contribution in [0, 0.1) is 0 Å². The number of hydrogen-bond acceptors (Lipinski definition) is 7. The first-order valence-electron chi connectivity index (χ1n) is 8.73. The standard InChI is InChI=1S/C19H19N5O3/c25-16-6-9-24(12-16)17-5-8-20-18(22-17)13-1-3-14(4-2-13)19(26)21-11-15-7-10-27-23-15/h1-5,7-8,10,16,25H,6,9,11-12H2,(H,21,26). The van der Waals surface area contributed by atoms with Crippen LogP contribution in [0.2, 0.25) is 0 Å². The van der Waals surface area contributed by atoms with Crippen molar-refractivity contribution in [2.24, 2.45) is 0 Å². The molecule has 4 rings (SSSR count). The van der Waals surface area contributed by atoms with Crippen LogP contribution in [-0.4, -0.2) is 45.3 Å². The van der Waals surface area contributed by atoms with Gasteiger partial charge in [-0.1, -0.05) is 17.3 Å². The van der Waals surface area contributed by atoms with Gasteiger partial charge in [0.05, 0.1) is 12.6 Å². The van der Waals surface area contributed by atoms with Gasteiger partial charge in [0, 0.05) is 36.5 Å². The van der Waals surface area contributed by atoms with Crippen LogP contribution in [0.3, 0.4) is 0 Å². The van der Waals surface area contributed by atoms with Crippen molar-refractivity contribution in [2.75, 3.05) is 18.0 Å². The summed E-state index contributed by atoms with van der Waals surface area (Å²) < 4.78 is 4.74. The zero-order chi connectivity index (χ0) is 18.6. The Hall–Kier alpha value is -3.26. The Balaban J connectivity index is 1.45. The molecular formula is C19H19N5O3. The van der Waals surface area contributed by atoms with Gasteiger partial charge in [0.25, 0.3) is 5.91 Å². The van der Waals surface area contributed by atoms with E-state index < -0.39 is 0 Å². The quantitative estimate of drug-likeness (QED) is 0.708. The molecule has 2 aromatic heterocycles. The van der Waals surface area contributed by atoms with E-state index in [4.69, 9.17) is 4.52 Å². The van der Waals surface area contributed by atoms with Gasteiger partial charge in [-0.05, 0) is 24.6 Å². The van der Waals surface area contributed by atoms with Crippen LogP contribution in [-0.2, 0) is 6.54 Å². The number of nitrogens with zero attached hydrogens (tertiary/aromatic N) is 4. The van der Waals surface area contributed by atoms with Crippen LogP contribution in [0.15, 0.2) is 53.4 Å². The lowest BCUT2D eigenvalue weighted by Crippen LogP contribution is -2.23. The van der Waals surface area contributed by atoms with Crippen LogP contribution in [0.5, 0.6) is 0 Å². The van der Waals surface area contributed by atoms with E-state index in [1.54, 1.807) is 24.4 Å². The number of amides is 1. The van der Waals surface area contributed by atoms with Gasteiger partial charge in [-0.2, -0.15) is 0 Å². The van der Waals surface area contributed by atoms with Crippen LogP contribution >= 0.6 is 0 Å². The summed E-state index contributed by atoms with van der Waals surface area (Å²) in [7, 11) is 0. The second-order valence-corrected chi connectivity index (χ2v) is 6.38. The van der Waals surface area contributed by atoms with Gasteiger partial charge in [-0.15, -0.1) is 0 Å². The maximum absolute atomic E-state index is 12.2. The number of β-amino-alcohol motifs (C(OH)–C–C–N with tert-alkyl or cyclic N) is 1. The molecule has 2 N–H and O–H groups in total. The van der Waals surface area contributed by atoms with Crippen molar-refractivity contribution in [3.05, 3.63) is 60.1 Å². The molecule has 1 aromatic carbocycles. The normalized spacial score (nSPS) is 16.5. The number of aromatic nitrogens is 3. The number of anilines is 1. The molecule has 0 bridgehead atoms. The van der Waals surface area contributed by atoms with Gasteiger partial charge in [0.2, 0.25) is 0 Å². The molecule has 1 saturated heterocycles. The summed E-state index contributed by atoms with van der Waals surface area (Å²) in [6, 6.07) is 10.7. The summed E-state index contributed by atoms with van der Waals surface area (Å²) >= 11 is 0.